The van der Waals surface area contributed by atoms with E-state index in [1.807, 2.05) is 36.4 Å². The van der Waals surface area contributed by atoms with Crippen molar-refractivity contribution in [1.29, 1.82) is 0 Å². The van der Waals surface area contributed by atoms with Gasteiger partial charge in [-0.05, 0) is 47.9 Å². The molecule has 3 N–H and O–H groups in total. The number of benzene rings is 2. The normalized spacial score (nSPS) is 22.1. The molecule has 1 aliphatic carbocycles. The van der Waals surface area contributed by atoms with Crippen molar-refractivity contribution in [3.05, 3.63) is 65.2 Å². The number of hydrogen-bond donors (Lipinski definition) is 2. The molecule has 2 aliphatic rings. The Hall–Kier alpha value is -1.89. The molecule has 1 fully saturated rings. The number of rotatable bonds is 7. The highest BCUT2D eigenvalue weighted by atomic mass is 32.2. The maximum atomic E-state index is 12.1. The maximum Gasteiger partial charge on any atom is 0.212 e. The first-order chi connectivity index (χ1) is 13.0. The van der Waals surface area contributed by atoms with Crippen LogP contribution in [0.2, 0.25) is 0 Å². The summed E-state index contributed by atoms with van der Waals surface area (Å²) in [7, 11) is -3.22. The van der Waals surface area contributed by atoms with E-state index in [9.17, 15) is 8.42 Å². The van der Waals surface area contributed by atoms with Gasteiger partial charge in [0, 0.05) is 18.5 Å². The van der Waals surface area contributed by atoms with Gasteiger partial charge in [0.05, 0.1) is 5.75 Å². The number of nitrogens with two attached hydrogens (primary N) is 1. The second-order valence-electron chi connectivity index (χ2n) is 7.69. The minimum atomic E-state index is -3.22. The summed E-state index contributed by atoms with van der Waals surface area (Å²) in [6.45, 7) is 0.799. The first-order valence-electron chi connectivity index (χ1n) is 9.52. The predicted molar refractivity (Wildman–Crippen MR) is 106 cm³/mol. The van der Waals surface area contributed by atoms with Crippen molar-refractivity contribution in [2.24, 2.45) is 11.7 Å². The largest absolute Gasteiger partial charge is 0.492 e. The van der Waals surface area contributed by atoms with E-state index >= 15 is 0 Å². The Bertz CT molecular complexity index is 895. The van der Waals surface area contributed by atoms with Crippen LogP contribution in [0.15, 0.2) is 48.5 Å². The van der Waals surface area contributed by atoms with Crippen LogP contribution < -0.4 is 15.2 Å². The molecule has 4 rings (SSSR count). The third kappa shape index (κ3) is 4.69. The van der Waals surface area contributed by atoms with E-state index in [2.05, 4.69) is 16.9 Å². The van der Waals surface area contributed by atoms with E-state index < -0.39 is 10.0 Å². The second-order valence-corrected chi connectivity index (χ2v) is 9.54. The molecule has 0 aromatic heterocycles. The maximum absolute atomic E-state index is 12.1. The molecule has 2 atom stereocenters. The molecule has 1 heterocycles. The molecular formula is C21H26N2O3S. The molecule has 2 aromatic carbocycles. The Labute approximate surface area is 161 Å². The summed E-state index contributed by atoms with van der Waals surface area (Å²) in [6.07, 6.45) is 2.89. The van der Waals surface area contributed by atoms with Crippen molar-refractivity contribution in [2.45, 2.75) is 37.8 Å². The van der Waals surface area contributed by atoms with Crippen LogP contribution in [0.1, 0.15) is 35.4 Å². The molecule has 2 aromatic rings. The number of nitrogens with one attached hydrogen (secondary N) is 1. The van der Waals surface area contributed by atoms with Gasteiger partial charge in [-0.15, -0.1) is 0 Å². The van der Waals surface area contributed by atoms with E-state index in [1.54, 1.807) is 0 Å². The molecule has 0 bridgehead atoms. The lowest BCUT2D eigenvalue weighted by atomic mass is 9.84. The van der Waals surface area contributed by atoms with E-state index in [4.69, 9.17) is 10.5 Å². The highest BCUT2D eigenvalue weighted by Crippen LogP contribution is 2.36. The lowest BCUT2D eigenvalue weighted by Gasteiger charge is -2.32. The highest BCUT2D eigenvalue weighted by Gasteiger charge is 2.30. The van der Waals surface area contributed by atoms with Gasteiger partial charge in [0.15, 0.2) is 0 Å². The first kappa shape index (κ1) is 18.5. The SMILES string of the molecule is N[C@H]1COc2ccc(CNS(=O)(=O)CC3CC3)cc2[C@H]1Cc1ccccc1. The van der Waals surface area contributed by atoms with E-state index in [-0.39, 0.29) is 17.7 Å². The minimum Gasteiger partial charge on any atom is -0.492 e. The minimum absolute atomic E-state index is 0.0838. The van der Waals surface area contributed by atoms with Crippen molar-refractivity contribution < 1.29 is 13.2 Å². The van der Waals surface area contributed by atoms with Crippen molar-refractivity contribution in [1.82, 2.24) is 4.72 Å². The van der Waals surface area contributed by atoms with Gasteiger partial charge >= 0.3 is 0 Å². The molecule has 1 saturated carbocycles. The Morgan fingerprint density at radius 3 is 2.59 bits per heavy atom. The number of hydrogen-bond acceptors (Lipinski definition) is 4. The van der Waals surface area contributed by atoms with Crippen LogP contribution >= 0.6 is 0 Å². The van der Waals surface area contributed by atoms with Gasteiger partial charge in [-0.3, -0.25) is 0 Å². The van der Waals surface area contributed by atoms with Gasteiger partial charge in [0.2, 0.25) is 10.0 Å². The number of sulfonamides is 1. The molecule has 0 unspecified atom stereocenters. The summed E-state index contributed by atoms with van der Waals surface area (Å²) in [5.74, 6) is 1.58. The van der Waals surface area contributed by atoms with Crippen LogP contribution in [-0.2, 0) is 23.0 Å². The zero-order valence-corrected chi connectivity index (χ0v) is 16.1. The van der Waals surface area contributed by atoms with Crippen LogP contribution in [-0.4, -0.2) is 26.8 Å². The topological polar surface area (TPSA) is 81.4 Å². The van der Waals surface area contributed by atoms with Gasteiger partial charge in [-0.2, -0.15) is 0 Å². The van der Waals surface area contributed by atoms with Gasteiger partial charge < -0.3 is 10.5 Å². The summed E-state index contributed by atoms with van der Waals surface area (Å²) in [5, 5.41) is 0. The zero-order chi connectivity index (χ0) is 18.9. The van der Waals surface area contributed by atoms with E-state index in [0.29, 0.717) is 19.1 Å². The lowest BCUT2D eigenvalue weighted by molar-refractivity contribution is 0.238. The average Bonchev–Trinajstić information content (AvgIpc) is 3.46. The van der Waals surface area contributed by atoms with Crippen molar-refractivity contribution in [2.75, 3.05) is 12.4 Å². The molecule has 27 heavy (non-hydrogen) atoms. The Morgan fingerprint density at radius 1 is 1.07 bits per heavy atom. The summed E-state index contributed by atoms with van der Waals surface area (Å²) in [5.41, 5.74) is 9.60. The third-order valence-corrected chi connectivity index (χ3v) is 6.86. The molecule has 0 amide bonds. The van der Waals surface area contributed by atoms with Gasteiger partial charge in [0.1, 0.15) is 12.4 Å². The van der Waals surface area contributed by atoms with Crippen LogP contribution in [0.25, 0.3) is 0 Å². The molecule has 1 aliphatic heterocycles. The summed E-state index contributed by atoms with van der Waals surface area (Å²) in [6, 6.07) is 16.1. The van der Waals surface area contributed by atoms with E-state index in [0.717, 1.165) is 36.1 Å². The quantitative estimate of drug-likeness (QED) is 0.766. The lowest BCUT2D eigenvalue weighted by Crippen LogP contribution is -2.39. The van der Waals surface area contributed by atoms with Gasteiger partial charge in [-0.25, -0.2) is 13.1 Å². The van der Waals surface area contributed by atoms with Gasteiger partial charge in [-0.1, -0.05) is 42.5 Å². The molecule has 5 nitrogen and oxygen atoms in total. The predicted octanol–water partition coefficient (Wildman–Crippen LogP) is 2.56. The molecule has 0 radical (unpaired) electrons. The molecular weight excluding hydrogens is 360 g/mol. The summed E-state index contributed by atoms with van der Waals surface area (Å²) in [4.78, 5) is 0. The van der Waals surface area contributed by atoms with Gasteiger partial charge in [0.25, 0.3) is 0 Å². The fourth-order valence-corrected chi connectivity index (χ4v) is 5.10. The third-order valence-electron chi connectivity index (χ3n) is 5.37. The molecule has 144 valence electrons. The Balaban J connectivity index is 1.51. The fraction of sp³-hybridized carbons (Fsp3) is 0.429. The molecule has 6 heteroatoms. The van der Waals surface area contributed by atoms with Crippen molar-refractivity contribution in [3.63, 3.8) is 0 Å². The van der Waals surface area contributed by atoms with Crippen LogP contribution in [0.4, 0.5) is 0 Å². The van der Waals surface area contributed by atoms with Crippen LogP contribution in [0.5, 0.6) is 5.75 Å². The Morgan fingerprint density at radius 2 is 1.85 bits per heavy atom. The van der Waals surface area contributed by atoms with E-state index in [1.165, 1.54) is 5.56 Å². The second kappa shape index (κ2) is 7.62. The monoisotopic (exact) mass is 386 g/mol. The summed E-state index contributed by atoms with van der Waals surface area (Å²) < 4.78 is 32.8. The smallest absolute Gasteiger partial charge is 0.212 e. The zero-order valence-electron chi connectivity index (χ0n) is 15.3. The summed E-state index contributed by atoms with van der Waals surface area (Å²) >= 11 is 0. The van der Waals surface area contributed by atoms with Crippen LogP contribution in [0, 0.1) is 5.92 Å². The Kier molecular flexibility index (Phi) is 5.21. The van der Waals surface area contributed by atoms with Crippen LogP contribution in [0.3, 0.4) is 0 Å². The standard InChI is InChI=1S/C21H26N2O3S/c22-20-13-26-21-9-8-17(12-23-27(24,25)14-16-6-7-16)11-19(21)18(20)10-15-4-2-1-3-5-15/h1-5,8-9,11,16,18,20,23H,6-7,10,12-14,22H2/t18-,20+/m1/s1. The average molecular weight is 387 g/mol. The first-order valence-corrected chi connectivity index (χ1v) is 11.2. The number of fused-ring (bicyclic) bond motifs is 1. The molecule has 0 spiro atoms. The van der Waals surface area contributed by atoms with Crippen molar-refractivity contribution >= 4 is 10.0 Å². The highest BCUT2D eigenvalue weighted by molar-refractivity contribution is 7.89. The number of ether oxygens (including phenoxy) is 1. The molecule has 0 saturated heterocycles. The van der Waals surface area contributed by atoms with Crippen molar-refractivity contribution in [3.8, 4) is 5.75 Å². The fourth-order valence-electron chi connectivity index (χ4n) is 3.64.